The summed E-state index contributed by atoms with van der Waals surface area (Å²) >= 11 is 0. The van der Waals surface area contributed by atoms with Gasteiger partial charge in [0.25, 0.3) is 5.69 Å². The molecule has 0 aliphatic heterocycles. The van der Waals surface area contributed by atoms with Gasteiger partial charge >= 0.3 is 0 Å². The Hall–Kier alpha value is -3.14. The van der Waals surface area contributed by atoms with Crippen LogP contribution in [0.1, 0.15) is 23.0 Å². The molecule has 0 aliphatic rings. The highest BCUT2D eigenvalue weighted by molar-refractivity contribution is 5.99. The number of aromatic nitrogens is 1. The highest BCUT2D eigenvalue weighted by Gasteiger charge is 2.19. The van der Waals surface area contributed by atoms with Crippen LogP contribution in [0.25, 0.3) is 5.69 Å². The maximum absolute atomic E-state index is 11.7. The van der Waals surface area contributed by atoms with E-state index in [4.69, 9.17) is 11.0 Å². The van der Waals surface area contributed by atoms with Gasteiger partial charge in [0, 0.05) is 25.3 Å². The van der Waals surface area contributed by atoms with Crippen molar-refractivity contribution in [2.45, 2.75) is 6.92 Å². The molecule has 2 aromatic rings. The minimum atomic E-state index is -0.533. The number of non-ortho nitro benzene ring substituents is 1. The van der Waals surface area contributed by atoms with E-state index in [1.54, 1.807) is 6.07 Å². The van der Waals surface area contributed by atoms with Crippen molar-refractivity contribution >= 4 is 17.2 Å². The number of rotatable bonds is 3. The van der Waals surface area contributed by atoms with Crippen LogP contribution in [-0.4, -0.2) is 15.3 Å². The monoisotopic (exact) mass is 270 g/mol. The van der Waals surface area contributed by atoms with Gasteiger partial charge in [0.05, 0.1) is 21.9 Å². The van der Waals surface area contributed by atoms with Crippen molar-refractivity contribution in [2.75, 3.05) is 5.73 Å². The standard InChI is InChI=1S/C13H10N4O3/c1-8(18)13-12(15)9(6-14)7-16(13)10-3-2-4-11(5-10)17(19)20/h2-5,7H,15H2,1H3. The third-order valence-electron chi connectivity index (χ3n) is 2.82. The van der Waals surface area contributed by atoms with Crippen LogP contribution in [0, 0.1) is 21.4 Å². The molecule has 0 bridgehead atoms. The van der Waals surface area contributed by atoms with Gasteiger partial charge in [0.1, 0.15) is 11.8 Å². The first-order valence-electron chi connectivity index (χ1n) is 5.62. The number of anilines is 1. The molecule has 1 heterocycles. The number of nitriles is 1. The fraction of sp³-hybridized carbons (Fsp3) is 0.0769. The molecule has 0 spiro atoms. The van der Waals surface area contributed by atoms with Gasteiger partial charge < -0.3 is 10.3 Å². The number of ketones is 1. The third kappa shape index (κ3) is 2.10. The van der Waals surface area contributed by atoms with Gasteiger partial charge in [0.2, 0.25) is 0 Å². The predicted molar refractivity (Wildman–Crippen MR) is 71.6 cm³/mol. The number of Topliss-reactive ketones (excluding diaryl/α,β-unsaturated/α-hetero) is 1. The van der Waals surface area contributed by atoms with Crippen molar-refractivity contribution in [3.05, 3.63) is 51.8 Å². The average Bonchev–Trinajstić information content (AvgIpc) is 2.76. The van der Waals surface area contributed by atoms with E-state index >= 15 is 0 Å². The number of hydrogen-bond acceptors (Lipinski definition) is 5. The minimum Gasteiger partial charge on any atom is -0.396 e. The summed E-state index contributed by atoms with van der Waals surface area (Å²) in [4.78, 5) is 21.9. The summed E-state index contributed by atoms with van der Waals surface area (Å²) in [6.45, 7) is 1.32. The SMILES string of the molecule is CC(=O)c1c(N)c(C#N)cn1-c1cccc([N+](=O)[O-])c1. The molecule has 0 atom stereocenters. The molecule has 2 rings (SSSR count). The van der Waals surface area contributed by atoms with Crippen molar-refractivity contribution in [3.8, 4) is 11.8 Å². The molecular weight excluding hydrogens is 260 g/mol. The van der Waals surface area contributed by atoms with Crippen molar-refractivity contribution in [3.63, 3.8) is 0 Å². The van der Waals surface area contributed by atoms with Gasteiger partial charge in [-0.3, -0.25) is 14.9 Å². The van der Waals surface area contributed by atoms with Crippen LogP contribution < -0.4 is 5.73 Å². The van der Waals surface area contributed by atoms with Crippen molar-refractivity contribution < 1.29 is 9.72 Å². The second kappa shape index (κ2) is 4.85. The molecule has 7 nitrogen and oxygen atoms in total. The van der Waals surface area contributed by atoms with Gasteiger partial charge in [-0.05, 0) is 6.07 Å². The van der Waals surface area contributed by atoms with E-state index in [-0.39, 0.29) is 28.4 Å². The summed E-state index contributed by atoms with van der Waals surface area (Å²) in [6, 6.07) is 7.64. The zero-order chi connectivity index (χ0) is 14.9. The van der Waals surface area contributed by atoms with Crippen molar-refractivity contribution in [2.24, 2.45) is 0 Å². The van der Waals surface area contributed by atoms with Crippen LogP contribution >= 0.6 is 0 Å². The van der Waals surface area contributed by atoms with E-state index in [2.05, 4.69) is 0 Å². The van der Waals surface area contributed by atoms with E-state index in [1.807, 2.05) is 6.07 Å². The van der Waals surface area contributed by atoms with Crippen LogP contribution in [0.4, 0.5) is 11.4 Å². The average molecular weight is 270 g/mol. The first-order valence-corrected chi connectivity index (χ1v) is 5.62. The molecular formula is C13H10N4O3. The van der Waals surface area contributed by atoms with E-state index in [9.17, 15) is 14.9 Å². The van der Waals surface area contributed by atoms with E-state index in [1.165, 1.54) is 35.9 Å². The van der Waals surface area contributed by atoms with E-state index in [0.29, 0.717) is 5.69 Å². The molecule has 0 unspecified atom stereocenters. The summed E-state index contributed by atoms with van der Waals surface area (Å²) in [5.74, 6) is -0.324. The number of nitro benzene ring substituents is 1. The second-order valence-electron chi connectivity index (χ2n) is 4.12. The minimum absolute atomic E-state index is 0.0755. The summed E-state index contributed by atoms with van der Waals surface area (Å²) in [5, 5.41) is 19.7. The number of nitrogens with two attached hydrogens (primary N) is 1. The van der Waals surface area contributed by atoms with Gasteiger partial charge in [-0.2, -0.15) is 5.26 Å². The number of nitrogens with zero attached hydrogens (tertiary/aromatic N) is 3. The summed E-state index contributed by atoms with van der Waals surface area (Å²) < 4.78 is 1.39. The fourth-order valence-corrected chi connectivity index (χ4v) is 1.93. The molecule has 0 saturated heterocycles. The lowest BCUT2D eigenvalue weighted by Crippen LogP contribution is -2.06. The van der Waals surface area contributed by atoms with Crippen LogP contribution in [0.2, 0.25) is 0 Å². The molecule has 0 aliphatic carbocycles. The number of hydrogen-bond donors (Lipinski definition) is 1. The van der Waals surface area contributed by atoms with Crippen LogP contribution in [0.15, 0.2) is 30.5 Å². The maximum atomic E-state index is 11.7. The normalized spacial score (nSPS) is 10.0. The zero-order valence-electron chi connectivity index (χ0n) is 10.5. The molecule has 0 saturated carbocycles. The molecule has 2 N–H and O–H groups in total. The number of carbonyl (C=O) groups is 1. The zero-order valence-corrected chi connectivity index (χ0v) is 10.5. The van der Waals surface area contributed by atoms with Gasteiger partial charge in [0.15, 0.2) is 5.78 Å². The third-order valence-corrected chi connectivity index (χ3v) is 2.82. The Labute approximate surface area is 114 Å². The Morgan fingerprint density at radius 3 is 2.75 bits per heavy atom. The van der Waals surface area contributed by atoms with Gasteiger partial charge in [-0.25, -0.2) is 0 Å². The van der Waals surface area contributed by atoms with Crippen LogP contribution in [0.5, 0.6) is 0 Å². The number of nitro groups is 1. The maximum Gasteiger partial charge on any atom is 0.271 e. The smallest absolute Gasteiger partial charge is 0.271 e. The second-order valence-corrected chi connectivity index (χ2v) is 4.12. The number of carbonyl (C=O) groups excluding carboxylic acids is 1. The molecule has 0 radical (unpaired) electrons. The molecule has 20 heavy (non-hydrogen) atoms. The number of benzene rings is 1. The predicted octanol–water partition coefficient (Wildman–Crippen LogP) is 2.04. The fourth-order valence-electron chi connectivity index (χ4n) is 1.93. The highest BCUT2D eigenvalue weighted by atomic mass is 16.6. The van der Waals surface area contributed by atoms with Crippen LogP contribution in [0.3, 0.4) is 0 Å². The Bertz CT molecular complexity index is 755. The molecule has 0 fully saturated rings. The van der Waals surface area contributed by atoms with Crippen molar-refractivity contribution in [1.82, 2.24) is 4.57 Å². The largest absolute Gasteiger partial charge is 0.396 e. The van der Waals surface area contributed by atoms with E-state index < -0.39 is 4.92 Å². The first kappa shape index (κ1) is 13.3. The van der Waals surface area contributed by atoms with E-state index in [0.717, 1.165) is 0 Å². The Morgan fingerprint density at radius 1 is 1.50 bits per heavy atom. The van der Waals surface area contributed by atoms with Gasteiger partial charge in [-0.15, -0.1) is 0 Å². The molecule has 1 aromatic carbocycles. The number of nitrogen functional groups attached to an aromatic ring is 1. The van der Waals surface area contributed by atoms with Crippen LogP contribution in [-0.2, 0) is 0 Å². The van der Waals surface area contributed by atoms with Gasteiger partial charge in [-0.1, -0.05) is 6.07 Å². The topological polar surface area (TPSA) is 115 Å². The Kier molecular flexibility index (Phi) is 3.23. The first-order chi connectivity index (χ1) is 9.45. The summed E-state index contributed by atoms with van der Waals surface area (Å²) in [7, 11) is 0. The molecule has 7 heteroatoms. The molecule has 100 valence electrons. The van der Waals surface area contributed by atoms with Crippen molar-refractivity contribution in [1.29, 1.82) is 5.26 Å². The lowest BCUT2D eigenvalue weighted by molar-refractivity contribution is -0.384. The molecule has 1 aromatic heterocycles. The lowest BCUT2D eigenvalue weighted by atomic mass is 10.2. The Morgan fingerprint density at radius 2 is 2.20 bits per heavy atom. The lowest BCUT2D eigenvalue weighted by Gasteiger charge is -2.07. The summed E-state index contributed by atoms with van der Waals surface area (Å²) in [5.41, 5.74) is 6.42. The highest BCUT2D eigenvalue weighted by Crippen LogP contribution is 2.26. The molecule has 0 amide bonds. The summed E-state index contributed by atoms with van der Waals surface area (Å²) in [6.07, 6.45) is 1.39. The Balaban J connectivity index is 2.70. The quantitative estimate of drug-likeness (QED) is 0.520.